The second-order valence-corrected chi connectivity index (χ2v) is 5.67. The van der Waals surface area contributed by atoms with E-state index in [1.54, 1.807) is 11.3 Å². The minimum atomic E-state index is 0.415. The minimum Gasteiger partial charge on any atom is -0.493 e. The topological polar surface area (TPSA) is 21.3 Å². The van der Waals surface area contributed by atoms with Crippen LogP contribution in [0.2, 0.25) is 0 Å². The van der Waals surface area contributed by atoms with Crippen LogP contribution in [0.3, 0.4) is 0 Å². The van der Waals surface area contributed by atoms with Gasteiger partial charge in [0, 0.05) is 28.9 Å². The summed E-state index contributed by atoms with van der Waals surface area (Å²) in [7, 11) is 0. The molecule has 0 amide bonds. The van der Waals surface area contributed by atoms with Crippen molar-refractivity contribution in [1.82, 2.24) is 5.32 Å². The summed E-state index contributed by atoms with van der Waals surface area (Å²) < 4.78 is 5.70. The fraction of sp³-hybridized carbons (Fsp3) is 0.333. The van der Waals surface area contributed by atoms with Crippen LogP contribution in [-0.2, 0) is 0 Å². The molecule has 0 fully saturated rings. The Morgan fingerprint density at radius 3 is 3.06 bits per heavy atom. The Kier molecular flexibility index (Phi) is 3.35. The predicted molar refractivity (Wildman–Crippen MR) is 75.4 cm³/mol. The second kappa shape index (κ2) is 5.12. The maximum Gasteiger partial charge on any atom is 0.122 e. The van der Waals surface area contributed by atoms with Gasteiger partial charge >= 0.3 is 0 Å². The SMILES string of the molecule is C[C@H](NCC1COc2ccccc21)c1cccs1. The highest BCUT2D eigenvalue weighted by Crippen LogP contribution is 2.33. The number of benzene rings is 1. The zero-order valence-electron chi connectivity index (χ0n) is 10.4. The number of ether oxygens (including phenoxy) is 1. The van der Waals surface area contributed by atoms with Gasteiger partial charge in [-0.05, 0) is 24.4 Å². The van der Waals surface area contributed by atoms with Gasteiger partial charge in [0.2, 0.25) is 0 Å². The number of hydrogen-bond acceptors (Lipinski definition) is 3. The van der Waals surface area contributed by atoms with Crippen molar-refractivity contribution in [3.8, 4) is 5.75 Å². The molecule has 94 valence electrons. The number of rotatable bonds is 4. The molecule has 2 heterocycles. The lowest BCUT2D eigenvalue weighted by Gasteiger charge is -2.15. The Morgan fingerprint density at radius 1 is 1.33 bits per heavy atom. The van der Waals surface area contributed by atoms with Crippen molar-refractivity contribution in [2.24, 2.45) is 0 Å². The lowest BCUT2D eigenvalue weighted by atomic mass is 10.0. The van der Waals surface area contributed by atoms with Crippen LogP contribution < -0.4 is 10.1 Å². The van der Waals surface area contributed by atoms with Gasteiger partial charge in [-0.15, -0.1) is 11.3 Å². The third-order valence-corrected chi connectivity index (χ3v) is 4.49. The smallest absolute Gasteiger partial charge is 0.122 e. The highest BCUT2D eigenvalue weighted by Gasteiger charge is 2.23. The Hall–Kier alpha value is -1.32. The molecule has 1 aliphatic heterocycles. The van der Waals surface area contributed by atoms with E-state index in [0.29, 0.717) is 12.0 Å². The van der Waals surface area contributed by atoms with Crippen LogP contribution in [-0.4, -0.2) is 13.2 Å². The largest absolute Gasteiger partial charge is 0.493 e. The second-order valence-electron chi connectivity index (χ2n) is 4.69. The Morgan fingerprint density at radius 2 is 2.22 bits per heavy atom. The van der Waals surface area contributed by atoms with Crippen LogP contribution in [0.25, 0.3) is 0 Å². The van der Waals surface area contributed by atoms with E-state index >= 15 is 0 Å². The molecule has 2 nitrogen and oxygen atoms in total. The quantitative estimate of drug-likeness (QED) is 0.906. The summed E-state index contributed by atoms with van der Waals surface area (Å²) in [6.07, 6.45) is 0. The predicted octanol–water partition coefficient (Wildman–Crippen LogP) is 3.57. The molecule has 1 aliphatic rings. The Labute approximate surface area is 112 Å². The lowest BCUT2D eigenvalue weighted by molar-refractivity contribution is 0.323. The molecular weight excluding hydrogens is 242 g/mol. The first-order chi connectivity index (χ1) is 8.84. The molecule has 3 heteroatoms. The van der Waals surface area contributed by atoms with Crippen molar-refractivity contribution in [3.05, 3.63) is 52.2 Å². The summed E-state index contributed by atoms with van der Waals surface area (Å²) in [6, 6.07) is 13.0. The zero-order chi connectivity index (χ0) is 12.4. The highest BCUT2D eigenvalue weighted by atomic mass is 32.1. The first-order valence-electron chi connectivity index (χ1n) is 6.33. The van der Waals surface area contributed by atoms with E-state index in [1.807, 2.05) is 6.07 Å². The van der Waals surface area contributed by atoms with Crippen molar-refractivity contribution in [2.75, 3.05) is 13.2 Å². The van der Waals surface area contributed by atoms with Crippen LogP contribution in [0.5, 0.6) is 5.75 Å². The molecular formula is C15H17NOS. The normalized spacial score (nSPS) is 19.3. The van der Waals surface area contributed by atoms with Crippen LogP contribution in [0.1, 0.15) is 29.3 Å². The fourth-order valence-electron chi connectivity index (χ4n) is 2.36. The van der Waals surface area contributed by atoms with Crippen molar-refractivity contribution < 1.29 is 4.74 Å². The summed E-state index contributed by atoms with van der Waals surface area (Å²) in [4.78, 5) is 1.39. The number of nitrogens with one attached hydrogen (secondary N) is 1. The third kappa shape index (κ3) is 2.28. The zero-order valence-corrected chi connectivity index (χ0v) is 11.2. The average Bonchev–Trinajstić information content (AvgIpc) is 3.06. The van der Waals surface area contributed by atoms with E-state index in [-0.39, 0.29) is 0 Å². The van der Waals surface area contributed by atoms with Gasteiger partial charge in [-0.25, -0.2) is 0 Å². The van der Waals surface area contributed by atoms with Crippen LogP contribution >= 0.6 is 11.3 Å². The van der Waals surface area contributed by atoms with Crippen molar-refractivity contribution >= 4 is 11.3 Å². The molecule has 0 bridgehead atoms. The van der Waals surface area contributed by atoms with Gasteiger partial charge in [-0.2, -0.15) is 0 Å². The summed E-state index contributed by atoms with van der Waals surface area (Å²) in [5.74, 6) is 1.52. The molecule has 0 radical (unpaired) electrons. The van der Waals surface area contributed by atoms with Crippen LogP contribution in [0, 0.1) is 0 Å². The molecule has 18 heavy (non-hydrogen) atoms. The molecule has 1 unspecified atom stereocenters. The van der Waals surface area contributed by atoms with Crippen molar-refractivity contribution in [2.45, 2.75) is 18.9 Å². The maximum absolute atomic E-state index is 5.70. The number of fused-ring (bicyclic) bond motifs is 1. The molecule has 0 saturated heterocycles. The molecule has 0 aliphatic carbocycles. The van der Waals surface area contributed by atoms with Gasteiger partial charge in [0.15, 0.2) is 0 Å². The highest BCUT2D eigenvalue weighted by molar-refractivity contribution is 7.10. The Balaban J connectivity index is 1.62. The maximum atomic E-state index is 5.70. The monoisotopic (exact) mass is 259 g/mol. The van der Waals surface area contributed by atoms with Gasteiger partial charge in [0.05, 0.1) is 6.61 Å². The van der Waals surface area contributed by atoms with E-state index in [4.69, 9.17) is 4.74 Å². The van der Waals surface area contributed by atoms with E-state index in [2.05, 4.69) is 48.0 Å². The molecule has 3 rings (SSSR count). The summed E-state index contributed by atoms with van der Waals surface area (Å²) in [5, 5.41) is 5.72. The summed E-state index contributed by atoms with van der Waals surface area (Å²) in [6.45, 7) is 3.98. The summed E-state index contributed by atoms with van der Waals surface area (Å²) in [5.41, 5.74) is 1.34. The Bertz CT molecular complexity index is 509. The molecule has 1 aromatic heterocycles. The standard InChI is InChI=1S/C15H17NOS/c1-11(15-7-4-8-18-15)16-9-12-10-17-14-6-3-2-5-13(12)14/h2-8,11-12,16H,9-10H2,1H3/t11-,12?/m0/s1. The molecule has 0 saturated carbocycles. The third-order valence-electron chi connectivity index (χ3n) is 3.44. The lowest BCUT2D eigenvalue weighted by Crippen LogP contribution is -2.24. The number of para-hydroxylation sites is 1. The fourth-order valence-corrected chi connectivity index (χ4v) is 3.11. The molecule has 0 spiro atoms. The van der Waals surface area contributed by atoms with Gasteiger partial charge < -0.3 is 10.1 Å². The van der Waals surface area contributed by atoms with Gasteiger partial charge in [-0.3, -0.25) is 0 Å². The van der Waals surface area contributed by atoms with E-state index in [9.17, 15) is 0 Å². The van der Waals surface area contributed by atoms with E-state index in [1.165, 1.54) is 10.4 Å². The van der Waals surface area contributed by atoms with Crippen molar-refractivity contribution in [1.29, 1.82) is 0 Å². The van der Waals surface area contributed by atoms with Gasteiger partial charge in [-0.1, -0.05) is 24.3 Å². The molecule has 1 aromatic carbocycles. The van der Waals surface area contributed by atoms with E-state index < -0.39 is 0 Å². The first kappa shape index (κ1) is 11.8. The van der Waals surface area contributed by atoms with Crippen LogP contribution in [0.4, 0.5) is 0 Å². The number of hydrogen-bond donors (Lipinski definition) is 1. The van der Waals surface area contributed by atoms with E-state index in [0.717, 1.165) is 18.9 Å². The molecule has 2 atom stereocenters. The molecule has 2 aromatic rings. The molecule has 1 N–H and O–H groups in total. The van der Waals surface area contributed by atoms with Crippen molar-refractivity contribution in [3.63, 3.8) is 0 Å². The van der Waals surface area contributed by atoms with Gasteiger partial charge in [0.25, 0.3) is 0 Å². The summed E-state index contributed by atoms with van der Waals surface area (Å²) >= 11 is 1.81. The number of thiophene rings is 1. The average molecular weight is 259 g/mol. The van der Waals surface area contributed by atoms with Gasteiger partial charge in [0.1, 0.15) is 5.75 Å². The van der Waals surface area contributed by atoms with Crippen LogP contribution in [0.15, 0.2) is 41.8 Å². The first-order valence-corrected chi connectivity index (χ1v) is 7.21. The minimum absolute atomic E-state index is 0.415.